The van der Waals surface area contributed by atoms with Gasteiger partial charge in [-0.2, -0.15) is 0 Å². The van der Waals surface area contributed by atoms with Crippen LogP contribution in [0.1, 0.15) is 33.9 Å². The van der Waals surface area contributed by atoms with Gasteiger partial charge in [0.05, 0.1) is 6.04 Å². The summed E-state index contributed by atoms with van der Waals surface area (Å²) in [5.74, 6) is 0. The van der Waals surface area contributed by atoms with Crippen molar-refractivity contribution in [1.82, 2.24) is 9.80 Å². The van der Waals surface area contributed by atoms with Crippen LogP contribution in [0.4, 0.5) is 4.79 Å². The van der Waals surface area contributed by atoms with Gasteiger partial charge < -0.3 is 9.80 Å². The van der Waals surface area contributed by atoms with Crippen LogP contribution in [0, 0.1) is 0 Å². The van der Waals surface area contributed by atoms with E-state index in [1.54, 1.807) is 0 Å². The van der Waals surface area contributed by atoms with Crippen LogP contribution >= 0.6 is 0 Å². The van der Waals surface area contributed by atoms with Gasteiger partial charge in [0, 0.05) is 19.6 Å². The van der Waals surface area contributed by atoms with E-state index in [-0.39, 0.29) is 12.1 Å². The van der Waals surface area contributed by atoms with Gasteiger partial charge in [0.25, 0.3) is 0 Å². The molecule has 0 aliphatic carbocycles. The van der Waals surface area contributed by atoms with Crippen molar-refractivity contribution in [2.75, 3.05) is 13.1 Å². The first kappa shape index (κ1) is 17.1. The zero-order valence-electron chi connectivity index (χ0n) is 15.9. The minimum atomic E-state index is -0.0178. The quantitative estimate of drug-likeness (QED) is 0.604. The second-order valence-electron chi connectivity index (χ2n) is 7.68. The van der Waals surface area contributed by atoms with E-state index in [9.17, 15) is 4.79 Å². The molecule has 2 aliphatic rings. The highest BCUT2D eigenvalue weighted by molar-refractivity contribution is 5.76. The highest BCUT2D eigenvalue weighted by Gasteiger charge is 2.35. The van der Waals surface area contributed by atoms with E-state index in [1.165, 1.54) is 27.8 Å². The molecule has 0 unspecified atom stereocenters. The molecule has 3 aromatic rings. The molecule has 0 fully saturated rings. The third-order valence-electron chi connectivity index (χ3n) is 6.05. The van der Waals surface area contributed by atoms with Crippen LogP contribution in [0.25, 0.3) is 0 Å². The maximum absolute atomic E-state index is 13.6. The largest absolute Gasteiger partial charge is 0.321 e. The lowest BCUT2D eigenvalue weighted by Crippen LogP contribution is -2.49. The number of carbonyl (C=O) groups excluding carboxylic acids is 1. The smallest absolute Gasteiger partial charge is 0.320 e. The van der Waals surface area contributed by atoms with Gasteiger partial charge in [-0.05, 0) is 40.7 Å². The summed E-state index contributed by atoms with van der Waals surface area (Å²) in [6.07, 6.45) is 1.85. The van der Waals surface area contributed by atoms with E-state index in [1.807, 2.05) is 11.0 Å². The Morgan fingerprint density at radius 1 is 0.714 bits per heavy atom. The zero-order valence-corrected chi connectivity index (χ0v) is 15.9. The van der Waals surface area contributed by atoms with Crippen molar-refractivity contribution in [1.29, 1.82) is 0 Å². The highest BCUT2D eigenvalue weighted by Crippen LogP contribution is 2.36. The lowest BCUT2D eigenvalue weighted by Gasteiger charge is -2.41. The molecule has 3 aromatic carbocycles. The van der Waals surface area contributed by atoms with Gasteiger partial charge in [-0.15, -0.1) is 0 Å². The molecule has 0 saturated carbocycles. The number of urea groups is 1. The molecule has 2 heterocycles. The van der Waals surface area contributed by atoms with E-state index >= 15 is 0 Å². The molecule has 140 valence electrons. The van der Waals surface area contributed by atoms with Gasteiger partial charge in [-0.25, -0.2) is 4.79 Å². The molecule has 0 radical (unpaired) electrons. The van der Waals surface area contributed by atoms with Crippen LogP contribution in [0.15, 0.2) is 78.9 Å². The average molecular weight is 368 g/mol. The molecule has 3 nitrogen and oxygen atoms in total. The molecule has 1 atom stereocenters. The first-order valence-electron chi connectivity index (χ1n) is 10.1. The average Bonchev–Trinajstić information content (AvgIpc) is 2.78. The predicted octanol–water partition coefficient (Wildman–Crippen LogP) is 4.81. The molecule has 0 aromatic heterocycles. The summed E-state index contributed by atoms with van der Waals surface area (Å²) in [5.41, 5.74) is 6.43. The lowest BCUT2D eigenvalue weighted by atomic mass is 9.88. The summed E-state index contributed by atoms with van der Waals surface area (Å²) >= 11 is 0. The van der Waals surface area contributed by atoms with Gasteiger partial charge >= 0.3 is 6.03 Å². The summed E-state index contributed by atoms with van der Waals surface area (Å²) in [7, 11) is 0. The zero-order chi connectivity index (χ0) is 18.9. The number of amides is 2. The molecular formula is C25H24N2O. The number of nitrogens with zero attached hydrogens (tertiary/aromatic N) is 2. The van der Waals surface area contributed by atoms with Crippen molar-refractivity contribution in [3.8, 4) is 0 Å². The number of benzene rings is 3. The normalized spacial score (nSPS) is 18.4. The van der Waals surface area contributed by atoms with E-state index in [0.717, 1.165) is 25.9 Å². The monoisotopic (exact) mass is 368 g/mol. The van der Waals surface area contributed by atoms with Crippen molar-refractivity contribution in [2.24, 2.45) is 0 Å². The Balaban J connectivity index is 1.49. The van der Waals surface area contributed by atoms with Crippen LogP contribution in [0.3, 0.4) is 0 Å². The van der Waals surface area contributed by atoms with Gasteiger partial charge in [0.1, 0.15) is 0 Å². The Morgan fingerprint density at radius 2 is 1.36 bits per heavy atom. The molecule has 3 heteroatoms. The van der Waals surface area contributed by atoms with E-state index < -0.39 is 0 Å². The van der Waals surface area contributed by atoms with Crippen molar-refractivity contribution in [3.05, 3.63) is 107 Å². The Hall–Kier alpha value is -3.07. The minimum Gasteiger partial charge on any atom is -0.320 e. The van der Waals surface area contributed by atoms with E-state index in [4.69, 9.17) is 0 Å². The van der Waals surface area contributed by atoms with E-state index in [0.29, 0.717) is 6.54 Å². The molecule has 0 bridgehead atoms. The summed E-state index contributed by atoms with van der Waals surface area (Å²) in [6, 6.07) is 27.6. The van der Waals surface area contributed by atoms with Crippen molar-refractivity contribution in [2.45, 2.75) is 25.4 Å². The van der Waals surface area contributed by atoms with Gasteiger partial charge in [-0.3, -0.25) is 0 Å². The molecule has 0 saturated heterocycles. The maximum Gasteiger partial charge on any atom is 0.321 e. The number of hydrogen-bond acceptors (Lipinski definition) is 1. The first-order chi connectivity index (χ1) is 13.8. The van der Waals surface area contributed by atoms with Crippen molar-refractivity contribution in [3.63, 3.8) is 0 Å². The Kier molecular flexibility index (Phi) is 4.36. The molecule has 0 N–H and O–H groups in total. The molecular weight excluding hydrogens is 344 g/mol. The second kappa shape index (κ2) is 7.16. The van der Waals surface area contributed by atoms with Crippen LogP contribution in [0.2, 0.25) is 0 Å². The van der Waals surface area contributed by atoms with Crippen molar-refractivity contribution >= 4 is 6.03 Å². The van der Waals surface area contributed by atoms with E-state index in [2.05, 4.69) is 77.7 Å². The fraction of sp³-hybridized carbons (Fsp3) is 0.240. The highest BCUT2D eigenvalue weighted by atomic mass is 16.2. The third kappa shape index (κ3) is 2.97. The van der Waals surface area contributed by atoms with Gasteiger partial charge in [0.15, 0.2) is 0 Å². The van der Waals surface area contributed by atoms with Crippen molar-refractivity contribution < 1.29 is 4.79 Å². The Bertz CT molecular complexity index is 998. The number of rotatable bonds is 1. The summed E-state index contributed by atoms with van der Waals surface area (Å²) in [6.45, 7) is 2.25. The fourth-order valence-electron chi connectivity index (χ4n) is 4.61. The topological polar surface area (TPSA) is 23.6 Å². The summed E-state index contributed by atoms with van der Waals surface area (Å²) in [4.78, 5) is 17.7. The minimum absolute atomic E-state index is 0.0178. The van der Waals surface area contributed by atoms with Crippen LogP contribution in [-0.4, -0.2) is 28.9 Å². The number of carbonyl (C=O) groups is 1. The predicted molar refractivity (Wildman–Crippen MR) is 111 cm³/mol. The first-order valence-corrected chi connectivity index (χ1v) is 10.1. The van der Waals surface area contributed by atoms with Crippen LogP contribution in [0.5, 0.6) is 0 Å². The molecule has 2 aliphatic heterocycles. The second-order valence-corrected chi connectivity index (χ2v) is 7.68. The number of fused-ring (bicyclic) bond motifs is 2. The molecule has 0 spiro atoms. The van der Waals surface area contributed by atoms with Crippen LogP contribution < -0.4 is 0 Å². The number of hydrogen-bond donors (Lipinski definition) is 0. The van der Waals surface area contributed by atoms with Gasteiger partial charge in [-0.1, -0.05) is 78.9 Å². The Labute approximate surface area is 166 Å². The molecule has 28 heavy (non-hydrogen) atoms. The molecule has 5 rings (SSSR count). The standard InChI is InChI=1S/C25H24N2O/c28-25(26-16-14-19-8-4-5-12-22(19)18-26)27-17-15-20-9-6-7-13-23(20)24(27)21-10-2-1-3-11-21/h1-13,24H,14-18H2/t24-/m0/s1. The summed E-state index contributed by atoms with van der Waals surface area (Å²) in [5, 5.41) is 0. The van der Waals surface area contributed by atoms with Gasteiger partial charge in [0.2, 0.25) is 0 Å². The third-order valence-corrected chi connectivity index (χ3v) is 6.05. The maximum atomic E-state index is 13.6. The lowest BCUT2D eigenvalue weighted by molar-refractivity contribution is 0.132. The molecule has 2 amide bonds. The van der Waals surface area contributed by atoms with Crippen LogP contribution in [-0.2, 0) is 19.4 Å². The Morgan fingerprint density at radius 3 is 2.18 bits per heavy atom. The fourth-order valence-corrected chi connectivity index (χ4v) is 4.61. The SMILES string of the molecule is O=C(N1CCc2ccccc2C1)N1CCc2ccccc2[C@@H]1c1ccccc1. The summed E-state index contributed by atoms with van der Waals surface area (Å²) < 4.78 is 0.